The molecule has 1 saturated heterocycles. The summed E-state index contributed by atoms with van der Waals surface area (Å²) in [6.45, 7) is 1.10. The average Bonchev–Trinajstić information content (AvgIpc) is 1.90. The predicted octanol–water partition coefficient (Wildman–Crippen LogP) is 1.77. The van der Waals surface area contributed by atoms with Crippen LogP contribution in [0.15, 0.2) is 18.5 Å². The van der Waals surface area contributed by atoms with E-state index in [2.05, 4.69) is 10.3 Å². The zero-order chi connectivity index (χ0) is 7.68. The lowest BCUT2D eigenvalue weighted by Gasteiger charge is -2.28. The van der Waals surface area contributed by atoms with Crippen LogP contribution in [0.2, 0.25) is 5.02 Å². The van der Waals surface area contributed by atoms with Gasteiger partial charge < -0.3 is 5.32 Å². The minimum absolute atomic E-state index is 0.463. The highest BCUT2D eigenvalue weighted by molar-refractivity contribution is 6.31. The number of aromatic nitrogens is 1. The normalized spacial score (nSPS) is 22.8. The summed E-state index contributed by atoms with van der Waals surface area (Å²) in [4.78, 5) is 3.93. The van der Waals surface area contributed by atoms with Gasteiger partial charge in [0.1, 0.15) is 0 Å². The minimum Gasteiger partial charge on any atom is -0.310 e. The Labute approximate surface area is 70.6 Å². The molecule has 1 atom stereocenters. The summed E-state index contributed by atoms with van der Waals surface area (Å²) in [5.41, 5.74) is 1.17. The molecule has 0 bridgehead atoms. The molecular weight excluding hydrogens is 160 g/mol. The van der Waals surface area contributed by atoms with E-state index < -0.39 is 0 Å². The fourth-order valence-corrected chi connectivity index (χ4v) is 1.47. The maximum Gasteiger partial charge on any atom is 0.0637 e. The van der Waals surface area contributed by atoms with Crippen LogP contribution in [0.4, 0.5) is 0 Å². The van der Waals surface area contributed by atoms with Crippen molar-refractivity contribution in [3.8, 4) is 0 Å². The molecule has 0 spiro atoms. The topological polar surface area (TPSA) is 24.9 Å². The van der Waals surface area contributed by atoms with Gasteiger partial charge in [0.2, 0.25) is 0 Å². The van der Waals surface area contributed by atoms with Gasteiger partial charge in [-0.25, -0.2) is 0 Å². The summed E-state index contributed by atoms with van der Waals surface area (Å²) in [5, 5.41) is 4.06. The number of hydrogen-bond acceptors (Lipinski definition) is 2. The third kappa shape index (κ3) is 1.24. The van der Waals surface area contributed by atoms with Gasteiger partial charge in [-0.3, -0.25) is 4.98 Å². The van der Waals surface area contributed by atoms with Crippen molar-refractivity contribution in [3.63, 3.8) is 0 Å². The minimum atomic E-state index is 0.463. The summed E-state index contributed by atoms with van der Waals surface area (Å²) in [5.74, 6) is 0. The van der Waals surface area contributed by atoms with Gasteiger partial charge in [0, 0.05) is 18.4 Å². The number of halogens is 1. The van der Waals surface area contributed by atoms with Crippen LogP contribution < -0.4 is 5.32 Å². The summed E-state index contributed by atoms with van der Waals surface area (Å²) in [6, 6.07) is 2.43. The molecule has 2 heterocycles. The van der Waals surface area contributed by atoms with Crippen LogP contribution in [-0.2, 0) is 0 Å². The predicted molar refractivity (Wildman–Crippen MR) is 44.6 cm³/mol. The van der Waals surface area contributed by atoms with E-state index in [-0.39, 0.29) is 0 Å². The molecule has 58 valence electrons. The van der Waals surface area contributed by atoms with Crippen molar-refractivity contribution in [2.24, 2.45) is 0 Å². The van der Waals surface area contributed by atoms with Gasteiger partial charge in [-0.2, -0.15) is 0 Å². The van der Waals surface area contributed by atoms with E-state index >= 15 is 0 Å². The second-order valence-electron chi connectivity index (χ2n) is 2.69. The van der Waals surface area contributed by atoms with Crippen LogP contribution in [0, 0.1) is 0 Å². The highest BCUT2D eigenvalue weighted by atomic mass is 35.5. The summed E-state index contributed by atoms with van der Waals surface area (Å²) < 4.78 is 0. The monoisotopic (exact) mass is 168 g/mol. The van der Waals surface area contributed by atoms with Crippen molar-refractivity contribution in [2.75, 3.05) is 6.54 Å². The lowest BCUT2D eigenvalue weighted by molar-refractivity contribution is 0.383. The van der Waals surface area contributed by atoms with Gasteiger partial charge >= 0.3 is 0 Å². The van der Waals surface area contributed by atoms with Crippen LogP contribution in [-0.4, -0.2) is 11.5 Å². The number of hydrogen-bond donors (Lipinski definition) is 1. The molecule has 1 N–H and O–H groups in total. The lowest BCUT2D eigenvalue weighted by Crippen LogP contribution is -2.35. The molecule has 2 rings (SSSR count). The lowest BCUT2D eigenvalue weighted by atomic mass is 9.99. The number of nitrogens with zero attached hydrogens (tertiary/aromatic N) is 1. The Kier molecular flexibility index (Phi) is 1.80. The summed E-state index contributed by atoms with van der Waals surface area (Å²) in [7, 11) is 0. The van der Waals surface area contributed by atoms with Crippen LogP contribution in [0.3, 0.4) is 0 Å². The first-order valence-electron chi connectivity index (χ1n) is 3.71. The number of rotatable bonds is 1. The summed E-state index contributed by atoms with van der Waals surface area (Å²) in [6.07, 6.45) is 4.65. The first-order valence-corrected chi connectivity index (χ1v) is 4.08. The molecule has 0 radical (unpaired) electrons. The number of nitrogens with one attached hydrogen (secondary N) is 1. The fourth-order valence-electron chi connectivity index (χ4n) is 1.22. The Hall–Kier alpha value is -0.600. The van der Waals surface area contributed by atoms with Gasteiger partial charge in [0.05, 0.1) is 5.02 Å². The molecule has 0 aromatic carbocycles. The van der Waals surface area contributed by atoms with Crippen molar-refractivity contribution >= 4 is 11.6 Å². The Morgan fingerprint density at radius 2 is 2.45 bits per heavy atom. The van der Waals surface area contributed by atoms with E-state index in [1.807, 2.05) is 6.07 Å². The molecule has 0 aliphatic carbocycles. The Morgan fingerprint density at radius 1 is 1.64 bits per heavy atom. The molecule has 11 heavy (non-hydrogen) atoms. The second-order valence-corrected chi connectivity index (χ2v) is 3.10. The van der Waals surface area contributed by atoms with Crippen LogP contribution >= 0.6 is 11.6 Å². The highest BCUT2D eigenvalue weighted by Gasteiger charge is 2.20. The zero-order valence-electron chi connectivity index (χ0n) is 6.05. The van der Waals surface area contributed by atoms with E-state index in [4.69, 9.17) is 11.6 Å². The van der Waals surface area contributed by atoms with E-state index in [0.717, 1.165) is 11.6 Å². The van der Waals surface area contributed by atoms with Crippen LogP contribution in [0.25, 0.3) is 0 Å². The maximum atomic E-state index is 5.93. The van der Waals surface area contributed by atoms with Crippen LogP contribution in [0.1, 0.15) is 18.0 Å². The molecule has 1 aliphatic rings. The zero-order valence-corrected chi connectivity index (χ0v) is 6.80. The standard InChI is InChI=1S/C8H9ClN2/c9-7-5-10-3-1-6(7)8-2-4-11-8/h1,3,5,8,11H,2,4H2. The number of pyridine rings is 1. The fraction of sp³-hybridized carbons (Fsp3) is 0.375. The van der Waals surface area contributed by atoms with Crippen molar-refractivity contribution in [1.82, 2.24) is 10.3 Å². The van der Waals surface area contributed by atoms with E-state index in [1.165, 1.54) is 12.0 Å². The maximum absolute atomic E-state index is 5.93. The van der Waals surface area contributed by atoms with Crippen molar-refractivity contribution in [1.29, 1.82) is 0 Å². The van der Waals surface area contributed by atoms with Gasteiger partial charge in [-0.15, -0.1) is 0 Å². The Morgan fingerprint density at radius 3 is 3.00 bits per heavy atom. The molecule has 1 aromatic rings. The molecule has 1 aliphatic heterocycles. The third-order valence-electron chi connectivity index (χ3n) is 2.00. The van der Waals surface area contributed by atoms with E-state index in [9.17, 15) is 0 Å². The second kappa shape index (κ2) is 2.80. The Balaban J connectivity index is 2.28. The molecule has 0 amide bonds. The smallest absolute Gasteiger partial charge is 0.0637 e. The SMILES string of the molecule is Clc1cnccc1C1CCN1. The molecule has 2 nitrogen and oxygen atoms in total. The quantitative estimate of drug-likeness (QED) is 0.692. The van der Waals surface area contributed by atoms with Gasteiger partial charge in [-0.1, -0.05) is 11.6 Å². The third-order valence-corrected chi connectivity index (χ3v) is 2.32. The van der Waals surface area contributed by atoms with Crippen molar-refractivity contribution in [3.05, 3.63) is 29.0 Å². The molecule has 0 saturated carbocycles. The molecule has 1 aromatic heterocycles. The van der Waals surface area contributed by atoms with E-state index in [1.54, 1.807) is 12.4 Å². The Bertz CT molecular complexity index is 258. The highest BCUT2D eigenvalue weighted by Crippen LogP contribution is 2.27. The van der Waals surface area contributed by atoms with Crippen LogP contribution in [0.5, 0.6) is 0 Å². The molecule has 3 heteroatoms. The van der Waals surface area contributed by atoms with Crippen molar-refractivity contribution < 1.29 is 0 Å². The first kappa shape index (κ1) is 7.07. The summed E-state index contributed by atoms with van der Waals surface area (Å²) >= 11 is 5.93. The molecular formula is C8H9ClN2. The van der Waals surface area contributed by atoms with Crippen molar-refractivity contribution in [2.45, 2.75) is 12.5 Å². The molecule has 1 fully saturated rings. The van der Waals surface area contributed by atoms with Gasteiger partial charge in [0.25, 0.3) is 0 Å². The first-order chi connectivity index (χ1) is 5.38. The van der Waals surface area contributed by atoms with Gasteiger partial charge in [0.15, 0.2) is 0 Å². The molecule has 1 unspecified atom stereocenters. The van der Waals surface area contributed by atoms with Gasteiger partial charge in [-0.05, 0) is 24.6 Å². The van der Waals surface area contributed by atoms with E-state index in [0.29, 0.717) is 6.04 Å². The largest absolute Gasteiger partial charge is 0.310 e. The average molecular weight is 169 g/mol.